The van der Waals surface area contributed by atoms with Crippen LogP contribution >= 0.6 is 11.8 Å². The Kier molecular flexibility index (Phi) is 5.88. The minimum Gasteiger partial charge on any atom is -0.312 e. The molecule has 0 unspecified atom stereocenters. The van der Waals surface area contributed by atoms with E-state index in [1.54, 1.807) is 11.8 Å². The molecule has 0 aliphatic heterocycles. The molecule has 0 aromatic heterocycles. The number of benzene rings is 2. The smallest absolute Gasteiger partial charge is 0.236 e. The van der Waals surface area contributed by atoms with Crippen LogP contribution in [-0.2, 0) is 10.5 Å². The van der Waals surface area contributed by atoms with Crippen LogP contribution in [0.2, 0.25) is 0 Å². The van der Waals surface area contributed by atoms with Crippen molar-refractivity contribution in [2.45, 2.75) is 19.6 Å². The topological polar surface area (TPSA) is 20.3 Å². The Morgan fingerprint density at radius 2 is 1.71 bits per heavy atom. The maximum Gasteiger partial charge on any atom is 0.236 e. The summed E-state index contributed by atoms with van der Waals surface area (Å²) >= 11 is 1.68. The molecule has 2 aromatic rings. The van der Waals surface area contributed by atoms with Gasteiger partial charge in [-0.15, -0.1) is 11.8 Å². The second-order valence-electron chi connectivity index (χ2n) is 4.89. The molecule has 0 aliphatic carbocycles. The average molecular weight is 299 g/mol. The van der Waals surface area contributed by atoms with Gasteiger partial charge >= 0.3 is 0 Å². The maximum absolute atomic E-state index is 12.4. The molecule has 0 radical (unpaired) electrons. The quantitative estimate of drug-likeness (QED) is 0.793. The van der Waals surface area contributed by atoms with E-state index in [0.29, 0.717) is 12.3 Å². The first-order valence-electron chi connectivity index (χ1n) is 7.20. The number of aryl methyl sites for hydroxylation is 1. The van der Waals surface area contributed by atoms with Crippen molar-refractivity contribution in [1.29, 1.82) is 0 Å². The second-order valence-corrected chi connectivity index (χ2v) is 5.88. The Hall–Kier alpha value is -1.74. The number of nitrogens with zero attached hydrogens (tertiary/aromatic N) is 1. The molecule has 110 valence electrons. The summed E-state index contributed by atoms with van der Waals surface area (Å²) in [6, 6.07) is 18.2. The van der Waals surface area contributed by atoms with Crippen LogP contribution in [0.4, 0.5) is 5.69 Å². The predicted octanol–water partition coefficient (Wildman–Crippen LogP) is 4.28. The number of rotatable bonds is 6. The average Bonchev–Trinajstić information content (AvgIpc) is 2.51. The maximum atomic E-state index is 12.4. The highest BCUT2D eigenvalue weighted by Crippen LogP contribution is 2.18. The highest BCUT2D eigenvalue weighted by atomic mass is 32.2. The van der Waals surface area contributed by atoms with Crippen molar-refractivity contribution < 1.29 is 4.79 Å². The lowest BCUT2D eigenvalue weighted by Crippen LogP contribution is -2.32. The molecular formula is C18H21NOS. The van der Waals surface area contributed by atoms with Crippen LogP contribution in [0.25, 0.3) is 0 Å². The van der Waals surface area contributed by atoms with Gasteiger partial charge in [0.1, 0.15) is 0 Å². The third kappa shape index (κ3) is 4.36. The summed E-state index contributed by atoms with van der Waals surface area (Å²) in [5.41, 5.74) is 3.56. The minimum absolute atomic E-state index is 0.169. The summed E-state index contributed by atoms with van der Waals surface area (Å²) in [4.78, 5) is 14.2. The molecule has 3 heteroatoms. The monoisotopic (exact) mass is 299 g/mol. The molecular weight excluding hydrogens is 278 g/mol. The van der Waals surface area contributed by atoms with Gasteiger partial charge in [-0.2, -0.15) is 0 Å². The van der Waals surface area contributed by atoms with E-state index in [2.05, 4.69) is 19.1 Å². The van der Waals surface area contributed by atoms with E-state index in [9.17, 15) is 4.79 Å². The van der Waals surface area contributed by atoms with Crippen molar-refractivity contribution in [3.63, 3.8) is 0 Å². The summed E-state index contributed by atoms with van der Waals surface area (Å²) < 4.78 is 0. The third-order valence-electron chi connectivity index (χ3n) is 3.43. The number of anilines is 1. The van der Waals surface area contributed by atoms with E-state index in [0.717, 1.165) is 11.4 Å². The van der Waals surface area contributed by atoms with Crippen LogP contribution < -0.4 is 4.90 Å². The zero-order valence-electron chi connectivity index (χ0n) is 12.6. The zero-order chi connectivity index (χ0) is 15.1. The third-order valence-corrected chi connectivity index (χ3v) is 4.40. The lowest BCUT2D eigenvalue weighted by Gasteiger charge is -2.20. The van der Waals surface area contributed by atoms with Gasteiger partial charge in [0.2, 0.25) is 5.91 Å². The summed E-state index contributed by atoms with van der Waals surface area (Å²) in [6.07, 6.45) is 0. The van der Waals surface area contributed by atoms with Crippen molar-refractivity contribution in [3.8, 4) is 0 Å². The van der Waals surface area contributed by atoms with Crippen molar-refractivity contribution >= 4 is 23.4 Å². The lowest BCUT2D eigenvalue weighted by molar-refractivity contribution is -0.116. The molecule has 0 atom stereocenters. The first-order valence-corrected chi connectivity index (χ1v) is 8.35. The number of hydrogen-bond donors (Lipinski definition) is 0. The van der Waals surface area contributed by atoms with E-state index < -0.39 is 0 Å². The largest absolute Gasteiger partial charge is 0.312 e. The zero-order valence-corrected chi connectivity index (χ0v) is 13.4. The normalized spacial score (nSPS) is 10.4. The highest BCUT2D eigenvalue weighted by molar-refractivity contribution is 7.99. The molecule has 0 N–H and O–H groups in total. The Bertz CT molecular complexity index is 583. The summed E-state index contributed by atoms with van der Waals surface area (Å²) in [5, 5.41) is 0. The summed E-state index contributed by atoms with van der Waals surface area (Å²) in [5.74, 6) is 1.56. The summed E-state index contributed by atoms with van der Waals surface area (Å²) in [6.45, 7) is 4.82. The van der Waals surface area contributed by atoms with Crippen LogP contribution in [-0.4, -0.2) is 18.2 Å². The Balaban J connectivity index is 1.90. The van der Waals surface area contributed by atoms with E-state index in [4.69, 9.17) is 0 Å². The Labute approximate surface area is 131 Å². The molecule has 21 heavy (non-hydrogen) atoms. The van der Waals surface area contributed by atoms with Gasteiger partial charge in [-0.05, 0) is 37.1 Å². The first kappa shape index (κ1) is 15.6. The molecule has 1 amide bonds. The minimum atomic E-state index is 0.169. The number of carbonyl (C=O) groups excluding carboxylic acids is 1. The van der Waals surface area contributed by atoms with Gasteiger partial charge in [-0.25, -0.2) is 0 Å². The molecule has 0 aliphatic rings. The van der Waals surface area contributed by atoms with Gasteiger partial charge in [-0.3, -0.25) is 4.79 Å². The van der Waals surface area contributed by atoms with Crippen LogP contribution in [0, 0.1) is 6.92 Å². The van der Waals surface area contributed by atoms with Crippen molar-refractivity contribution in [2.24, 2.45) is 0 Å². The SMILES string of the molecule is CCN(C(=O)CSCc1ccccc1C)c1ccccc1. The molecule has 0 bridgehead atoms. The lowest BCUT2D eigenvalue weighted by atomic mass is 10.1. The van der Waals surface area contributed by atoms with Gasteiger partial charge < -0.3 is 4.90 Å². The van der Waals surface area contributed by atoms with Crippen molar-refractivity contribution in [3.05, 3.63) is 65.7 Å². The second kappa shape index (κ2) is 7.89. The van der Waals surface area contributed by atoms with Crippen LogP contribution in [0.3, 0.4) is 0 Å². The molecule has 0 saturated heterocycles. The number of thioether (sulfide) groups is 1. The Morgan fingerprint density at radius 3 is 2.38 bits per heavy atom. The number of carbonyl (C=O) groups is 1. The number of hydrogen-bond acceptors (Lipinski definition) is 2. The van der Waals surface area contributed by atoms with Gasteiger partial charge in [0.15, 0.2) is 0 Å². The number of para-hydroxylation sites is 1. The van der Waals surface area contributed by atoms with E-state index in [-0.39, 0.29) is 5.91 Å². The molecule has 2 nitrogen and oxygen atoms in total. The van der Waals surface area contributed by atoms with E-state index >= 15 is 0 Å². The summed E-state index contributed by atoms with van der Waals surface area (Å²) in [7, 11) is 0. The van der Waals surface area contributed by atoms with Crippen molar-refractivity contribution in [1.82, 2.24) is 0 Å². The standard InChI is InChI=1S/C18H21NOS/c1-3-19(17-11-5-4-6-12-17)18(20)14-21-13-16-10-8-7-9-15(16)2/h4-12H,3,13-14H2,1-2H3. The molecule has 0 saturated carbocycles. The molecule has 2 aromatic carbocycles. The van der Waals surface area contributed by atoms with E-state index in [1.165, 1.54) is 11.1 Å². The van der Waals surface area contributed by atoms with Crippen LogP contribution in [0.15, 0.2) is 54.6 Å². The van der Waals surface area contributed by atoms with Gasteiger partial charge in [-0.1, -0.05) is 42.5 Å². The fourth-order valence-corrected chi connectivity index (χ4v) is 3.19. The molecule has 0 fully saturated rings. The van der Waals surface area contributed by atoms with Crippen LogP contribution in [0.5, 0.6) is 0 Å². The van der Waals surface area contributed by atoms with Gasteiger partial charge in [0.25, 0.3) is 0 Å². The van der Waals surface area contributed by atoms with Gasteiger partial charge in [0, 0.05) is 18.0 Å². The predicted molar refractivity (Wildman–Crippen MR) is 91.8 cm³/mol. The molecule has 0 heterocycles. The van der Waals surface area contributed by atoms with Gasteiger partial charge in [0.05, 0.1) is 5.75 Å². The van der Waals surface area contributed by atoms with Crippen molar-refractivity contribution in [2.75, 3.05) is 17.2 Å². The molecule has 0 spiro atoms. The Morgan fingerprint density at radius 1 is 1.05 bits per heavy atom. The number of amides is 1. The highest BCUT2D eigenvalue weighted by Gasteiger charge is 2.13. The first-order chi connectivity index (χ1) is 10.2. The fourth-order valence-electron chi connectivity index (χ4n) is 2.21. The fraction of sp³-hybridized carbons (Fsp3) is 0.278. The van der Waals surface area contributed by atoms with E-state index in [1.807, 2.05) is 54.3 Å². The molecule has 2 rings (SSSR count). The van der Waals surface area contributed by atoms with Crippen LogP contribution in [0.1, 0.15) is 18.1 Å².